The molecule has 0 radical (unpaired) electrons. The van der Waals surface area contributed by atoms with Gasteiger partial charge in [-0.3, -0.25) is 4.98 Å². The van der Waals surface area contributed by atoms with Crippen molar-refractivity contribution in [3.8, 4) is 0 Å². The summed E-state index contributed by atoms with van der Waals surface area (Å²) in [5.41, 5.74) is 1.07. The highest BCUT2D eigenvalue weighted by atomic mass is 32.2. The van der Waals surface area contributed by atoms with Gasteiger partial charge in [-0.25, -0.2) is 17.9 Å². The van der Waals surface area contributed by atoms with Gasteiger partial charge in [0.05, 0.1) is 10.4 Å². The predicted molar refractivity (Wildman–Crippen MR) is 108 cm³/mol. The number of hydrogen-bond acceptors (Lipinski definition) is 5. The fourth-order valence-electron chi connectivity index (χ4n) is 3.31. The fourth-order valence-corrected chi connectivity index (χ4v) is 4.81. The van der Waals surface area contributed by atoms with Gasteiger partial charge < -0.3 is 9.64 Å². The number of carbonyl (C=O) groups is 1. The van der Waals surface area contributed by atoms with Crippen LogP contribution in [0.15, 0.2) is 35.4 Å². The van der Waals surface area contributed by atoms with Crippen LogP contribution < -0.4 is 4.72 Å². The van der Waals surface area contributed by atoms with E-state index in [1.54, 1.807) is 35.4 Å². The Morgan fingerprint density at radius 2 is 1.89 bits per heavy atom. The van der Waals surface area contributed by atoms with Gasteiger partial charge in [-0.05, 0) is 64.3 Å². The van der Waals surface area contributed by atoms with Crippen LogP contribution in [0.25, 0.3) is 10.9 Å². The Bertz CT molecular complexity index is 975. The molecule has 3 rings (SSSR count). The summed E-state index contributed by atoms with van der Waals surface area (Å²) in [5.74, 6) is 0. The zero-order valence-corrected chi connectivity index (χ0v) is 17.5. The molecule has 1 N–H and O–H groups in total. The van der Waals surface area contributed by atoms with Crippen molar-refractivity contribution in [2.45, 2.75) is 57.1 Å². The van der Waals surface area contributed by atoms with Crippen molar-refractivity contribution in [1.82, 2.24) is 14.6 Å². The van der Waals surface area contributed by atoms with Crippen LogP contribution in [0, 0.1) is 6.92 Å². The molecular formula is C20H27N3O4S. The number of likely N-dealkylation sites (tertiary alicyclic amines) is 1. The van der Waals surface area contributed by atoms with Crippen molar-refractivity contribution in [3.63, 3.8) is 0 Å². The van der Waals surface area contributed by atoms with Crippen LogP contribution in [0.2, 0.25) is 0 Å². The van der Waals surface area contributed by atoms with Crippen molar-refractivity contribution >= 4 is 27.0 Å². The molecule has 1 aromatic heterocycles. The third kappa shape index (κ3) is 4.62. The van der Waals surface area contributed by atoms with E-state index in [1.807, 2.05) is 27.7 Å². The number of aromatic nitrogens is 1. The Hall–Kier alpha value is -2.19. The first-order valence-electron chi connectivity index (χ1n) is 9.41. The van der Waals surface area contributed by atoms with Crippen LogP contribution in [-0.2, 0) is 14.8 Å². The first-order valence-corrected chi connectivity index (χ1v) is 10.9. The molecule has 8 heteroatoms. The number of aryl methyl sites for hydroxylation is 1. The maximum Gasteiger partial charge on any atom is 0.410 e. The summed E-state index contributed by atoms with van der Waals surface area (Å²) < 4.78 is 34.1. The van der Waals surface area contributed by atoms with Crippen LogP contribution in [0.4, 0.5) is 4.79 Å². The van der Waals surface area contributed by atoms with Gasteiger partial charge in [-0.15, -0.1) is 0 Å². The first-order chi connectivity index (χ1) is 13.1. The molecule has 0 bridgehead atoms. The molecule has 2 heterocycles. The largest absolute Gasteiger partial charge is 0.444 e. The third-order valence-corrected chi connectivity index (χ3v) is 6.27. The molecule has 7 nitrogen and oxygen atoms in total. The summed E-state index contributed by atoms with van der Waals surface area (Å²) in [4.78, 5) is 18.3. The van der Waals surface area contributed by atoms with Gasteiger partial charge in [-0.1, -0.05) is 6.07 Å². The summed E-state index contributed by atoms with van der Waals surface area (Å²) in [6.45, 7) is 8.30. The van der Waals surface area contributed by atoms with Crippen LogP contribution in [0.3, 0.4) is 0 Å². The molecule has 0 spiro atoms. The number of amides is 1. The van der Waals surface area contributed by atoms with E-state index in [9.17, 15) is 13.2 Å². The van der Waals surface area contributed by atoms with Crippen molar-refractivity contribution in [1.29, 1.82) is 0 Å². The number of rotatable bonds is 3. The Morgan fingerprint density at radius 1 is 1.21 bits per heavy atom. The maximum absolute atomic E-state index is 13.0. The van der Waals surface area contributed by atoms with E-state index in [1.165, 1.54) is 0 Å². The van der Waals surface area contributed by atoms with Crippen molar-refractivity contribution in [3.05, 3.63) is 36.0 Å². The van der Waals surface area contributed by atoms with Gasteiger partial charge >= 0.3 is 6.09 Å². The number of pyridine rings is 1. The van der Waals surface area contributed by atoms with Gasteiger partial charge in [-0.2, -0.15) is 0 Å². The molecule has 0 aliphatic carbocycles. The molecule has 28 heavy (non-hydrogen) atoms. The quantitative estimate of drug-likeness (QED) is 0.847. The van der Waals surface area contributed by atoms with Crippen molar-refractivity contribution in [2.24, 2.45) is 0 Å². The normalized spacial score (nSPS) is 16.4. The minimum atomic E-state index is -3.69. The van der Waals surface area contributed by atoms with E-state index in [0.717, 1.165) is 5.56 Å². The number of nitrogens with zero attached hydrogens (tertiary/aromatic N) is 2. The fraction of sp³-hybridized carbons (Fsp3) is 0.500. The molecule has 1 aliphatic rings. The second-order valence-electron chi connectivity index (χ2n) is 8.14. The van der Waals surface area contributed by atoms with Crippen LogP contribution in [0.1, 0.15) is 39.2 Å². The zero-order valence-electron chi connectivity index (χ0n) is 16.7. The number of piperidine rings is 1. The molecule has 1 amide bonds. The van der Waals surface area contributed by atoms with E-state index in [2.05, 4.69) is 9.71 Å². The summed E-state index contributed by atoms with van der Waals surface area (Å²) in [6.07, 6.45) is 2.39. The first kappa shape index (κ1) is 20.5. The van der Waals surface area contributed by atoms with Crippen LogP contribution in [-0.4, -0.2) is 49.1 Å². The molecule has 1 aliphatic heterocycles. The highest BCUT2D eigenvalue weighted by Gasteiger charge is 2.29. The lowest BCUT2D eigenvalue weighted by Gasteiger charge is -2.33. The van der Waals surface area contributed by atoms with Gasteiger partial charge in [0.1, 0.15) is 5.60 Å². The molecule has 1 fully saturated rings. The number of carbonyl (C=O) groups excluding carboxylic acids is 1. The van der Waals surface area contributed by atoms with Crippen LogP contribution in [0.5, 0.6) is 0 Å². The molecule has 2 aromatic rings. The Morgan fingerprint density at radius 3 is 2.54 bits per heavy atom. The van der Waals surface area contributed by atoms with E-state index in [0.29, 0.717) is 36.8 Å². The monoisotopic (exact) mass is 405 g/mol. The highest BCUT2D eigenvalue weighted by molar-refractivity contribution is 7.89. The second-order valence-corrected chi connectivity index (χ2v) is 9.83. The maximum atomic E-state index is 13.0. The zero-order chi connectivity index (χ0) is 20.5. The molecule has 1 saturated heterocycles. The van der Waals surface area contributed by atoms with Crippen molar-refractivity contribution < 1.29 is 17.9 Å². The van der Waals surface area contributed by atoms with Gasteiger partial charge in [0.2, 0.25) is 10.0 Å². The molecule has 1 aromatic carbocycles. The molecule has 0 unspecified atom stereocenters. The predicted octanol–water partition coefficient (Wildman–Crippen LogP) is 3.22. The van der Waals surface area contributed by atoms with E-state index in [4.69, 9.17) is 4.74 Å². The number of sulfonamides is 1. The van der Waals surface area contributed by atoms with Gasteiger partial charge in [0, 0.05) is 30.7 Å². The lowest BCUT2D eigenvalue weighted by molar-refractivity contribution is 0.0203. The second kappa shape index (κ2) is 7.67. The number of ether oxygens (including phenoxy) is 1. The number of fused-ring (bicyclic) bond motifs is 1. The number of nitrogens with one attached hydrogen (secondary N) is 1. The average molecular weight is 406 g/mol. The molecule has 152 valence electrons. The molecule has 0 atom stereocenters. The van der Waals surface area contributed by atoms with E-state index in [-0.39, 0.29) is 17.0 Å². The lowest BCUT2D eigenvalue weighted by Crippen LogP contribution is -2.47. The van der Waals surface area contributed by atoms with Gasteiger partial charge in [0.25, 0.3) is 0 Å². The van der Waals surface area contributed by atoms with E-state index < -0.39 is 15.6 Å². The topological polar surface area (TPSA) is 88.6 Å². The number of benzene rings is 1. The molecule has 0 saturated carbocycles. The average Bonchev–Trinajstić information content (AvgIpc) is 2.61. The summed E-state index contributed by atoms with van der Waals surface area (Å²) >= 11 is 0. The van der Waals surface area contributed by atoms with Gasteiger partial charge in [0.15, 0.2) is 0 Å². The van der Waals surface area contributed by atoms with Crippen LogP contribution >= 0.6 is 0 Å². The van der Waals surface area contributed by atoms with Crippen molar-refractivity contribution in [2.75, 3.05) is 13.1 Å². The summed E-state index contributed by atoms with van der Waals surface area (Å²) in [7, 11) is -3.69. The van der Waals surface area contributed by atoms with E-state index >= 15 is 0 Å². The molecular weight excluding hydrogens is 378 g/mol. The third-order valence-electron chi connectivity index (χ3n) is 4.69. The minimum Gasteiger partial charge on any atom is -0.444 e. The summed E-state index contributed by atoms with van der Waals surface area (Å²) in [6, 6.07) is 6.68. The standard InChI is InChI=1S/C20H27N3O4S/c1-14-7-8-17(16-6-5-11-21-18(14)16)28(25,26)22-15-9-12-23(13-10-15)19(24)27-20(2,3)4/h5-8,11,15,22H,9-10,12-13H2,1-4H3. The highest BCUT2D eigenvalue weighted by Crippen LogP contribution is 2.25. The Kier molecular flexibility index (Phi) is 5.63. The summed E-state index contributed by atoms with van der Waals surface area (Å²) in [5, 5.41) is 0.612. The number of hydrogen-bond donors (Lipinski definition) is 1. The Balaban J connectivity index is 1.70. The SMILES string of the molecule is Cc1ccc(S(=O)(=O)NC2CCN(C(=O)OC(C)(C)C)CC2)c2cccnc12. The minimum absolute atomic E-state index is 0.225. The Labute approximate surface area is 166 Å². The smallest absolute Gasteiger partial charge is 0.410 e. The lowest BCUT2D eigenvalue weighted by atomic mass is 10.1.